The maximum Gasteiger partial charge on any atom is 0.157 e. The average Bonchev–Trinajstić information content (AvgIpc) is 2.55. The molecule has 0 spiro atoms. The van der Waals surface area contributed by atoms with Crippen molar-refractivity contribution >= 4 is 28.5 Å². The van der Waals surface area contributed by atoms with Crippen molar-refractivity contribution in [3.05, 3.63) is 70.7 Å². The maximum absolute atomic E-state index is 6.01. The number of thioether (sulfide) groups is 1. The summed E-state index contributed by atoms with van der Waals surface area (Å²) < 4.78 is 0. The number of halogens is 1. The van der Waals surface area contributed by atoms with Gasteiger partial charge in [-0.05, 0) is 29.7 Å². The summed E-state index contributed by atoms with van der Waals surface area (Å²) in [6, 6.07) is 18.6. The number of benzene rings is 2. The van der Waals surface area contributed by atoms with E-state index in [0.717, 1.165) is 29.7 Å². The average molecular weight is 317 g/mol. The first kappa shape index (κ1) is 14.5. The predicted molar refractivity (Wildman–Crippen MR) is 92.2 cm³/mol. The second kappa shape index (κ2) is 7.01. The molecule has 0 aromatic heterocycles. The Bertz CT molecular complexity index is 610. The van der Waals surface area contributed by atoms with Crippen LogP contribution in [0.5, 0.6) is 0 Å². The third-order valence-electron chi connectivity index (χ3n) is 3.37. The van der Waals surface area contributed by atoms with E-state index in [0.29, 0.717) is 0 Å². The number of amidine groups is 1. The highest BCUT2D eigenvalue weighted by molar-refractivity contribution is 8.14. The first-order valence-corrected chi connectivity index (χ1v) is 8.34. The summed E-state index contributed by atoms with van der Waals surface area (Å²) in [6.07, 6.45) is 1.11. The zero-order valence-corrected chi connectivity index (χ0v) is 13.2. The van der Waals surface area contributed by atoms with E-state index in [-0.39, 0.29) is 5.25 Å². The van der Waals surface area contributed by atoms with Crippen molar-refractivity contribution in [3.63, 3.8) is 0 Å². The molecule has 0 aliphatic carbocycles. The van der Waals surface area contributed by atoms with Crippen LogP contribution in [0, 0.1) is 0 Å². The Morgan fingerprint density at radius 2 is 1.71 bits per heavy atom. The van der Waals surface area contributed by atoms with E-state index in [4.69, 9.17) is 11.6 Å². The van der Waals surface area contributed by atoms with Crippen LogP contribution in [0.4, 0.5) is 0 Å². The van der Waals surface area contributed by atoms with Gasteiger partial charge in [0, 0.05) is 18.1 Å². The van der Waals surface area contributed by atoms with Gasteiger partial charge in [0.1, 0.15) is 0 Å². The summed E-state index contributed by atoms with van der Waals surface area (Å²) in [5.41, 5.74) is 2.52. The monoisotopic (exact) mass is 316 g/mol. The predicted octanol–water partition coefficient (Wildman–Crippen LogP) is 4.51. The Hall–Kier alpha value is -1.45. The van der Waals surface area contributed by atoms with Crippen molar-refractivity contribution < 1.29 is 0 Å². The lowest BCUT2D eigenvalue weighted by Gasteiger charge is -2.21. The van der Waals surface area contributed by atoms with Crippen LogP contribution >= 0.6 is 23.4 Å². The van der Waals surface area contributed by atoms with Crippen molar-refractivity contribution in [3.8, 4) is 0 Å². The Labute approximate surface area is 134 Å². The minimum Gasteiger partial charge on any atom is -0.365 e. The summed E-state index contributed by atoms with van der Waals surface area (Å²) in [5, 5.41) is 5.42. The van der Waals surface area contributed by atoms with Crippen molar-refractivity contribution in [2.75, 3.05) is 13.1 Å². The van der Waals surface area contributed by atoms with Gasteiger partial charge in [0.05, 0.1) is 5.25 Å². The van der Waals surface area contributed by atoms with Gasteiger partial charge in [0.2, 0.25) is 0 Å². The Morgan fingerprint density at radius 3 is 2.38 bits per heavy atom. The maximum atomic E-state index is 6.01. The number of hydrogen-bond acceptors (Lipinski definition) is 3. The molecule has 0 amide bonds. The molecule has 3 rings (SSSR count). The zero-order chi connectivity index (χ0) is 14.5. The lowest BCUT2D eigenvalue weighted by atomic mass is 10.0. The minimum absolute atomic E-state index is 0.229. The molecule has 0 fully saturated rings. The van der Waals surface area contributed by atoms with E-state index in [1.54, 1.807) is 11.8 Å². The van der Waals surface area contributed by atoms with Crippen LogP contribution < -0.4 is 5.32 Å². The fraction of sp³-hybridized carbons (Fsp3) is 0.235. The Balaban J connectivity index is 1.90. The molecule has 0 bridgehead atoms. The van der Waals surface area contributed by atoms with Crippen LogP contribution in [0.25, 0.3) is 0 Å². The molecule has 1 atom stereocenters. The number of rotatable bonds is 3. The fourth-order valence-corrected chi connectivity index (χ4v) is 3.58. The smallest absolute Gasteiger partial charge is 0.157 e. The third kappa shape index (κ3) is 3.80. The molecule has 1 heterocycles. The van der Waals surface area contributed by atoms with E-state index in [2.05, 4.69) is 46.7 Å². The van der Waals surface area contributed by atoms with E-state index in [1.807, 2.05) is 18.2 Å². The minimum atomic E-state index is 0.229. The Morgan fingerprint density at radius 1 is 1.00 bits per heavy atom. The molecular formula is C17H17ClN2S. The Kier molecular flexibility index (Phi) is 4.84. The molecule has 0 radical (unpaired) electrons. The number of nitrogens with one attached hydrogen (secondary N) is 1. The van der Waals surface area contributed by atoms with Crippen molar-refractivity contribution in [2.45, 2.75) is 11.7 Å². The van der Waals surface area contributed by atoms with E-state index in [9.17, 15) is 0 Å². The summed E-state index contributed by atoms with van der Waals surface area (Å²) in [4.78, 5) is 4.58. The summed E-state index contributed by atoms with van der Waals surface area (Å²) in [6.45, 7) is 1.92. The number of aliphatic imine (C=N–C) groups is 1. The normalized spacial score (nSPS) is 16.0. The van der Waals surface area contributed by atoms with E-state index < -0.39 is 0 Å². The van der Waals surface area contributed by atoms with Gasteiger partial charge in [-0.15, -0.1) is 0 Å². The highest BCUT2D eigenvalue weighted by atomic mass is 35.5. The van der Waals surface area contributed by atoms with Gasteiger partial charge >= 0.3 is 0 Å². The molecule has 1 aliphatic rings. The number of hydrogen-bond donors (Lipinski definition) is 1. The second-order valence-electron chi connectivity index (χ2n) is 4.93. The SMILES string of the molecule is Clc1ccc([C@H](SC2=NCCCN2)c2ccccc2)cc1. The first-order valence-electron chi connectivity index (χ1n) is 7.08. The van der Waals surface area contributed by atoms with Crippen molar-refractivity contribution in [1.29, 1.82) is 0 Å². The van der Waals surface area contributed by atoms with Crippen LogP contribution in [0.2, 0.25) is 5.02 Å². The quantitative estimate of drug-likeness (QED) is 0.901. The summed E-state index contributed by atoms with van der Waals surface area (Å²) >= 11 is 7.78. The molecule has 108 valence electrons. The van der Waals surface area contributed by atoms with E-state index in [1.165, 1.54) is 11.1 Å². The van der Waals surface area contributed by atoms with Crippen LogP contribution in [-0.4, -0.2) is 18.3 Å². The highest BCUT2D eigenvalue weighted by Crippen LogP contribution is 2.36. The lowest BCUT2D eigenvalue weighted by Crippen LogP contribution is -2.27. The molecule has 2 nitrogen and oxygen atoms in total. The van der Waals surface area contributed by atoms with E-state index >= 15 is 0 Å². The fourth-order valence-electron chi connectivity index (χ4n) is 2.30. The van der Waals surface area contributed by atoms with Crippen molar-refractivity contribution in [1.82, 2.24) is 5.32 Å². The lowest BCUT2D eigenvalue weighted by molar-refractivity contribution is 0.751. The van der Waals surface area contributed by atoms with Crippen molar-refractivity contribution in [2.24, 2.45) is 4.99 Å². The molecule has 2 aromatic carbocycles. The van der Waals surface area contributed by atoms with Gasteiger partial charge < -0.3 is 5.32 Å². The van der Waals surface area contributed by atoms with Gasteiger partial charge in [-0.2, -0.15) is 0 Å². The van der Waals surface area contributed by atoms with Gasteiger partial charge in [-0.1, -0.05) is 65.8 Å². The summed E-state index contributed by atoms with van der Waals surface area (Å²) in [7, 11) is 0. The molecule has 0 saturated heterocycles. The van der Waals surface area contributed by atoms with Crippen LogP contribution in [0.15, 0.2) is 59.6 Å². The number of nitrogens with zero attached hydrogens (tertiary/aromatic N) is 1. The van der Waals surface area contributed by atoms with Gasteiger partial charge in [0.15, 0.2) is 5.17 Å². The first-order chi connectivity index (χ1) is 10.3. The molecular weight excluding hydrogens is 300 g/mol. The van der Waals surface area contributed by atoms with Crippen LogP contribution in [0.1, 0.15) is 22.8 Å². The molecule has 2 aromatic rings. The third-order valence-corrected chi connectivity index (χ3v) is 4.90. The zero-order valence-electron chi connectivity index (χ0n) is 11.6. The highest BCUT2D eigenvalue weighted by Gasteiger charge is 2.18. The molecule has 0 saturated carbocycles. The second-order valence-corrected chi connectivity index (χ2v) is 6.46. The molecule has 4 heteroatoms. The topological polar surface area (TPSA) is 24.4 Å². The molecule has 0 unspecified atom stereocenters. The van der Waals surface area contributed by atoms with Crippen LogP contribution in [-0.2, 0) is 0 Å². The van der Waals surface area contributed by atoms with Gasteiger partial charge in [-0.25, -0.2) is 0 Å². The van der Waals surface area contributed by atoms with Crippen LogP contribution in [0.3, 0.4) is 0 Å². The standard InChI is InChI=1S/C17H17ClN2S/c18-15-9-7-14(8-10-15)16(13-5-2-1-3-6-13)21-17-19-11-4-12-20-17/h1-3,5-10,16H,4,11-12H2,(H,19,20)/t16-/m1/s1. The van der Waals surface area contributed by atoms with Gasteiger partial charge in [-0.3, -0.25) is 4.99 Å². The molecule has 1 N–H and O–H groups in total. The molecule has 1 aliphatic heterocycles. The largest absolute Gasteiger partial charge is 0.365 e. The molecule has 21 heavy (non-hydrogen) atoms. The summed E-state index contributed by atoms with van der Waals surface area (Å²) in [5.74, 6) is 0. The van der Waals surface area contributed by atoms with Gasteiger partial charge in [0.25, 0.3) is 0 Å².